The molecule has 0 aliphatic carbocycles. The van der Waals surface area contributed by atoms with Crippen molar-refractivity contribution in [3.8, 4) is 5.75 Å². The van der Waals surface area contributed by atoms with Crippen LogP contribution >= 0.6 is 12.2 Å². The molecule has 0 saturated heterocycles. The van der Waals surface area contributed by atoms with Crippen molar-refractivity contribution in [3.05, 3.63) is 29.8 Å². The van der Waals surface area contributed by atoms with Crippen LogP contribution in [-0.2, 0) is 11.3 Å². The molecule has 0 aliphatic heterocycles. The molecule has 3 nitrogen and oxygen atoms in total. The Hall–Kier alpha value is -1.13. The first-order valence-corrected chi connectivity index (χ1v) is 6.09. The molecule has 0 aliphatic rings. The fraction of sp³-hybridized carbons (Fsp3) is 0.462. The lowest BCUT2D eigenvalue weighted by Gasteiger charge is -2.15. The summed E-state index contributed by atoms with van der Waals surface area (Å²) < 4.78 is 10.9. The zero-order valence-corrected chi connectivity index (χ0v) is 11.1. The molecule has 1 unspecified atom stereocenters. The molecule has 2 N–H and O–H groups in total. The second-order valence-corrected chi connectivity index (χ2v) is 4.39. The predicted molar refractivity (Wildman–Crippen MR) is 73.3 cm³/mol. The largest absolute Gasteiger partial charge is 0.497 e. The topological polar surface area (TPSA) is 44.5 Å². The van der Waals surface area contributed by atoms with Gasteiger partial charge in [-0.05, 0) is 24.1 Å². The van der Waals surface area contributed by atoms with Crippen LogP contribution in [-0.4, -0.2) is 18.2 Å². The van der Waals surface area contributed by atoms with Gasteiger partial charge in [0.1, 0.15) is 5.75 Å². The van der Waals surface area contributed by atoms with E-state index in [4.69, 9.17) is 27.4 Å². The number of benzene rings is 1. The maximum Gasteiger partial charge on any atom is 0.119 e. The van der Waals surface area contributed by atoms with Crippen LogP contribution in [0.1, 0.15) is 25.3 Å². The summed E-state index contributed by atoms with van der Waals surface area (Å²) >= 11 is 4.89. The number of ether oxygens (including phenoxy) is 2. The third-order valence-electron chi connectivity index (χ3n) is 2.50. The van der Waals surface area contributed by atoms with Crippen LogP contribution in [0.3, 0.4) is 0 Å². The molecular weight excluding hydrogens is 234 g/mol. The van der Waals surface area contributed by atoms with E-state index in [0.717, 1.165) is 17.7 Å². The van der Waals surface area contributed by atoms with Gasteiger partial charge in [-0.15, -0.1) is 0 Å². The predicted octanol–water partition coefficient (Wildman–Crippen LogP) is 2.67. The third kappa shape index (κ3) is 5.15. The molecular formula is C13H19NO2S. The molecule has 94 valence electrons. The molecule has 0 radical (unpaired) electrons. The molecule has 17 heavy (non-hydrogen) atoms. The van der Waals surface area contributed by atoms with Crippen molar-refractivity contribution in [1.82, 2.24) is 0 Å². The average Bonchev–Trinajstić information content (AvgIpc) is 2.34. The third-order valence-corrected chi connectivity index (χ3v) is 2.67. The Morgan fingerprint density at radius 3 is 2.82 bits per heavy atom. The Bertz CT molecular complexity index is 368. The van der Waals surface area contributed by atoms with Crippen molar-refractivity contribution in [2.75, 3.05) is 7.11 Å². The Morgan fingerprint density at radius 1 is 1.47 bits per heavy atom. The standard InChI is InChI=1S/C13H19NO2S/c1-3-11(8-13(14)17)16-9-10-5-4-6-12(7-10)15-2/h4-7,11H,3,8-9H2,1-2H3,(H2,14,17). The van der Waals surface area contributed by atoms with Gasteiger partial charge >= 0.3 is 0 Å². The molecule has 1 aromatic rings. The fourth-order valence-corrected chi connectivity index (χ4v) is 1.71. The van der Waals surface area contributed by atoms with Gasteiger partial charge in [-0.3, -0.25) is 0 Å². The summed E-state index contributed by atoms with van der Waals surface area (Å²) in [5, 5.41) is 0. The van der Waals surface area contributed by atoms with E-state index >= 15 is 0 Å². The Morgan fingerprint density at radius 2 is 2.24 bits per heavy atom. The molecule has 1 rings (SSSR count). The van der Waals surface area contributed by atoms with E-state index in [1.165, 1.54) is 0 Å². The molecule has 1 atom stereocenters. The quantitative estimate of drug-likeness (QED) is 0.759. The first kappa shape index (κ1) is 13.9. The summed E-state index contributed by atoms with van der Waals surface area (Å²) in [7, 11) is 1.65. The fourth-order valence-electron chi connectivity index (χ4n) is 1.52. The van der Waals surface area contributed by atoms with E-state index in [1.54, 1.807) is 7.11 Å². The van der Waals surface area contributed by atoms with E-state index in [9.17, 15) is 0 Å². The summed E-state index contributed by atoms with van der Waals surface area (Å²) in [5.41, 5.74) is 6.60. The normalized spacial score (nSPS) is 12.1. The molecule has 0 heterocycles. The zero-order chi connectivity index (χ0) is 12.7. The van der Waals surface area contributed by atoms with Crippen molar-refractivity contribution in [1.29, 1.82) is 0 Å². The summed E-state index contributed by atoms with van der Waals surface area (Å²) in [5.74, 6) is 0.841. The lowest BCUT2D eigenvalue weighted by molar-refractivity contribution is 0.0432. The minimum atomic E-state index is 0.0960. The van der Waals surface area contributed by atoms with Crippen LogP contribution in [0.5, 0.6) is 5.75 Å². The molecule has 0 amide bonds. The summed E-state index contributed by atoms with van der Waals surface area (Å²) in [6, 6.07) is 7.84. The van der Waals surface area contributed by atoms with E-state index in [1.807, 2.05) is 24.3 Å². The number of hydrogen-bond acceptors (Lipinski definition) is 3. The second-order valence-electron chi connectivity index (χ2n) is 3.86. The minimum absolute atomic E-state index is 0.0960. The molecule has 0 bridgehead atoms. The highest BCUT2D eigenvalue weighted by Gasteiger charge is 2.08. The lowest BCUT2D eigenvalue weighted by atomic mass is 10.2. The highest BCUT2D eigenvalue weighted by atomic mass is 32.1. The molecule has 1 aromatic carbocycles. The monoisotopic (exact) mass is 253 g/mol. The van der Waals surface area contributed by atoms with Crippen LogP contribution in [0.4, 0.5) is 0 Å². The van der Waals surface area contributed by atoms with E-state index in [2.05, 4.69) is 6.92 Å². The minimum Gasteiger partial charge on any atom is -0.497 e. The maximum absolute atomic E-state index is 5.76. The zero-order valence-electron chi connectivity index (χ0n) is 10.3. The van der Waals surface area contributed by atoms with Crippen molar-refractivity contribution in [2.45, 2.75) is 32.5 Å². The molecule has 0 fully saturated rings. The smallest absolute Gasteiger partial charge is 0.119 e. The van der Waals surface area contributed by atoms with Gasteiger partial charge in [-0.1, -0.05) is 31.3 Å². The van der Waals surface area contributed by atoms with Crippen LogP contribution < -0.4 is 10.5 Å². The number of methoxy groups -OCH3 is 1. The summed E-state index contributed by atoms with van der Waals surface area (Å²) in [6.45, 7) is 2.62. The summed E-state index contributed by atoms with van der Waals surface area (Å²) in [6.07, 6.45) is 1.63. The van der Waals surface area contributed by atoms with Crippen molar-refractivity contribution in [2.24, 2.45) is 5.73 Å². The Labute approximate surface area is 108 Å². The van der Waals surface area contributed by atoms with Gasteiger partial charge < -0.3 is 15.2 Å². The van der Waals surface area contributed by atoms with Gasteiger partial charge in [-0.25, -0.2) is 0 Å². The van der Waals surface area contributed by atoms with Gasteiger partial charge in [0, 0.05) is 6.42 Å². The van der Waals surface area contributed by atoms with Gasteiger partial charge in [0.05, 0.1) is 24.8 Å². The highest BCUT2D eigenvalue weighted by Crippen LogP contribution is 2.15. The van der Waals surface area contributed by atoms with Gasteiger partial charge in [0.2, 0.25) is 0 Å². The van der Waals surface area contributed by atoms with Crippen LogP contribution in [0.25, 0.3) is 0 Å². The van der Waals surface area contributed by atoms with E-state index in [0.29, 0.717) is 18.0 Å². The highest BCUT2D eigenvalue weighted by molar-refractivity contribution is 7.80. The SMILES string of the molecule is CCC(CC(N)=S)OCc1cccc(OC)c1. The van der Waals surface area contributed by atoms with Crippen LogP contribution in [0.15, 0.2) is 24.3 Å². The number of thiocarbonyl (C=S) groups is 1. The average molecular weight is 253 g/mol. The molecule has 0 spiro atoms. The van der Waals surface area contributed by atoms with Gasteiger partial charge in [0.25, 0.3) is 0 Å². The van der Waals surface area contributed by atoms with Crippen molar-refractivity contribution < 1.29 is 9.47 Å². The molecule has 4 heteroatoms. The van der Waals surface area contributed by atoms with Crippen LogP contribution in [0, 0.1) is 0 Å². The number of rotatable bonds is 7. The number of nitrogens with two attached hydrogens (primary N) is 1. The Kier molecular flexibility index (Phi) is 5.94. The lowest BCUT2D eigenvalue weighted by Crippen LogP contribution is -2.20. The van der Waals surface area contributed by atoms with Crippen molar-refractivity contribution >= 4 is 17.2 Å². The van der Waals surface area contributed by atoms with Gasteiger partial charge in [-0.2, -0.15) is 0 Å². The second kappa shape index (κ2) is 7.25. The maximum atomic E-state index is 5.76. The van der Waals surface area contributed by atoms with Crippen LogP contribution in [0.2, 0.25) is 0 Å². The first-order chi connectivity index (χ1) is 8.15. The molecule has 0 aromatic heterocycles. The molecule has 0 saturated carbocycles. The summed E-state index contributed by atoms with van der Waals surface area (Å²) in [4.78, 5) is 0.502. The van der Waals surface area contributed by atoms with Gasteiger partial charge in [0.15, 0.2) is 0 Å². The van der Waals surface area contributed by atoms with Crippen molar-refractivity contribution in [3.63, 3.8) is 0 Å². The Balaban J connectivity index is 2.50. The van der Waals surface area contributed by atoms with E-state index < -0.39 is 0 Å². The first-order valence-electron chi connectivity index (χ1n) is 5.68. The number of hydrogen-bond donors (Lipinski definition) is 1. The van der Waals surface area contributed by atoms with E-state index in [-0.39, 0.29) is 6.10 Å².